The summed E-state index contributed by atoms with van der Waals surface area (Å²) in [4.78, 5) is 27.5. The Morgan fingerprint density at radius 1 is 1.50 bits per heavy atom. The van der Waals surface area contributed by atoms with E-state index in [1.165, 1.54) is 4.68 Å². The van der Waals surface area contributed by atoms with Crippen molar-refractivity contribution in [2.45, 2.75) is 19.8 Å². The van der Waals surface area contributed by atoms with Crippen molar-refractivity contribution in [2.75, 3.05) is 24.6 Å². The van der Waals surface area contributed by atoms with Crippen LogP contribution in [0, 0.1) is 16.0 Å². The number of carbonyl (C=O) groups excluding carboxylic acids is 1. The summed E-state index contributed by atoms with van der Waals surface area (Å²) in [5.41, 5.74) is 0. The van der Waals surface area contributed by atoms with E-state index in [-0.39, 0.29) is 11.9 Å². The van der Waals surface area contributed by atoms with Gasteiger partial charge in [0.15, 0.2) is 0 Å². The summed E-state index contributed by atoms with van der Waals surface area (Å²) in [6, 6.07) is 0. The molecular formula is C11H17N5O4. The minimum atomic E-state index is -0.616. The lowest BCUT2D eigenvalue weighted by Crippen LogP contribution is -2.38. The van der Waals surface area contributed by atoms with Crippen LogP contribution < -0.4 is 4.90 Å². The van der Waals surface area contributed by atoms with Crippen molar-refractivity contribution in [1.82, 2.24) is 14.8 Å². The van der Waals surface area contributed by atoms with Crippen molar-refractivity contribution in [3.63, 3.8) is 0 Å². The maximum atomic E-state index is 11.6. The first-order chi connectivity index (χ1) is 9.52. The van der Waals surface area contributed by atoms with Gasteiger partial charge in [-0.1, -0.05) is 0 Å². The van der Waals surface area contributed by atoms with Gasteiger partial charge in [0, 0.05) is 25.2 Å². The number of esters is 1. The molecule has 1 aromatic rings. The van der Waals surface area contributed by atoms with Gasteiger partial charge in [-0.25, -0.2) is 0 Å². The highest BCUT2D eigenvalue weighted by Gasteiger charge is 2.31. The van der Waals surface area contributed by atoms with Gasteiger partial charge in [0.05, 0.1) is 12.5 Å². The molecule has 1 aromatic heterocycles. The highest BCUT2D eigenvalue weighted by Crippen LogP contribution is 2.23. The van der Waals surface area contributed by atoms with Crippen LogP contribution in [-0.2, 0) is 16.6 Å². The number of rotatable bonds is 4. The second-order valence-electron chi connectivity index (χ2n) is 4.61. The van der Waals surface area contributed by atoms with Crippen LogP contribution in [0.1, 0.15) is 19.8 Å². The fourth-order valence-electron chi connectivity index (χ4n) is 2.29. The molecule has 0 saturated carbocycles. The van der Waals surface area contributed by atoms with Crippen LogP contribution in [0.2, 0.25) is 0 Å². The summed E-state index contributed by atoms with van der Waals surface area (Å²) in [7, 11) is 1.62. The highest BCUT2D eigenvalue weighted by molar-refractivity contribution is 5.72. The number of aryl methyl sites for hydroxylation is 1. The summed E-state index contributed by atoms with van der Waals surface area (Å²) < 4.78 is 6.39. The Bertz CT molecular complexity index is 507. The van der Waals surface area contributed by atoms with Gasteiger partial charge in [0.25, 0.3) is 0 Å². The van der Waals surface area contributed by atoms with Crippen LogP contribution in [0.15, 0.2) is 0 Å². The first-order valence-corrected chi connectivity index (χ1v) is 6.50. The molecule has 0 atom stereocenters. The Morgan fingerprint density at radius 3 is 2.65 bits per heavy atom. The number of aromatic nitrogens is 3. The molecule has 0 aliphatic carbocycles. The summed E-state index contributed by atoms with van der Waals surface area (Å²) in [5.74, 6) is -0.223. The average molecular weight is 283 g/mol. The fraction of sp³-hybridized carbons (Fsp3) is 0.727. The van der Waals surface area contributed by atoms with Crippen molar-refractivity contribution in [3.8, 4) is 0 Å². The molecule has 110 valence electrons. The van der Waals surface area contributed by atoms with Crippen LogP contribution in [0.4, 0.5) is 11.9 Å². The Morgan fingerprint density at radius 2 is 2.15 bits per heavy atom. The number of anilines is 1. The molecule has 2 rings (SSSR count). The van der Waals surface area contributed by atoms with Gasteiger partial charge in [-0.05, 0) is 29.7 Å². The Balaban J connectivity index is 2.00. The number of ether oxygens (including phenoxy) is 1. The fourth-order valence-corrected chi connectivity index (χ4v) is 2.29. The molecule has 2 heterocycles. The van der Waals surface area contributed by atoms with Crippen LogP contribution in [0.3, 0.4) is 0 Å². The van der Waals surface area contributed by atoms with Crippen molar-refractivity contribution >= 4 is 17.9 Å². The van der Waals surface area contributed by atoms with Crippen molar-refractivity contribution < 1.29 is 14.5 Å². The van der Waals surface area contributed by atoms with Gasteiger partial charge in [-0.15, -0.1) is 0 Å². The first kappa shape index (κ1) is 14.2. The van der Waals surface area contributed by atoms with Crippen molar-refractivity contribution in [3.05, 3.63) is 10.1 Å². The van der Waals surface area contributed by atoms with E-state index >= 15 is 0 Å². The third kappa shape index (κ3) is 2.86. The quantitative estimate of drug-likeness (QED) is 0.450. The summed E-state index contributed by atoms with van der Waals surface area (Å²) in [5, 5.41) is 14.4. The van der Waals surface area contributed by atoms with Gasteiger partial charge in [0.1, 0.15) is 0 Å². The maximum absolute atomic E-state index is 11.6. The highest BCUT2D eigenvalue weighted by atomic mass is 16.6. The monoisotopic (exact) mass is 283 g/mol. The zero-order chi connectivity index (χ0) is 14.7. The van der Waals surface area contributed by atoms with Crippen LogP contribution in [0.25, 0.3) is 0 Å². The van der Waals surface area contributed by atoms with E-state index in [0.717, 1.165) is 0 Å². The molecular weight excluding hydrogens is 266 g/mol. The van der Waals surface area contributed by atoms with E-state index < -0.39 is 10.9 Å². The Kier molecular flexibility index (Phi) is 4.16. The zero-order valence-electron chi connectivity index (χ0n) is 11.5. The summed E-state index contributed by atoms with van der Waals surface area (Å²) in [6.07, 6.45) is 1.30. The molecule has 1 aliphatic rings. The number of nitrogens with zero attached hydrogens (tertiary/aromatic N) is 5. The number of piperidine rings is 1. The predicted octanol–water partition coefficient (Wildman–Crippen LogP) is 0.503. The minimum Gasteiger partial charge on any atom is -0.466 e. The molecule has 0 aromatic carbocycles. The second-order valence-corrected chi connectivity index (χ2v) is 4.61. The van der Waals surface area contributed by atoms with Gasteiger partial charge in [-0.2, -0.15) is 4.68 Å². The molecule has 0 unspecified atom stereocenters. The number of hydrogen-bond donors (Lipinski definition) is 0. The van der Waals surface area contributed by atoms with E-state index in [1.54, 1.807) is 14.0 Å². The molecule has 20 heavy (non-hydrogen) atoms. The van der Waals surface area contributed by atoms with Gasteiger partial charge < -0.3 is 19.8 Å². The van der Waals surface area contributed by atoms with Crippen LogP contribution in [-0.4, -0.2) is 45.4 Å². The lowest BCUT2D eigenvalue weighted by atomic mass is 9.97. The van der Waals surface area contributed by atoms with Crippen molar-refractivity contribution in [1.29, 1.82) is 0 Å². The van der Waals surface area contributed by atoms with Gasteiger partial charge in [0.2, 0.25) is 0 Å². The van der Waals surface area contributed by atoms with E-state index in [4.69, 9.17) is 4.74 Å². The average Bonchev–Trinajstić information content (AvgIpc) is 2.81. The van der Waals surface area contributed by atoms with Gasteiger partial charge >= 0.3 is 17.9 Å². The summed E-state index contributed by atoms with van der Waals surface area (Å²) >= 11 is 0. The number of nitro groups is 1. The first-order valence-electron chi connectivity index (χ1n) is 6.50. The molecule has 9 heteroatoms. The molecule has 0 N–H and O–H groups in total. The molecule has 0 spiro atoms. The van der Waals surface area contributed by atoms with Crippen LogP contribution >= 0.6 is 0 Å². The van der Waals surface area contributed by atoms with Crippen molar-refractivity contribution in [2.24, 2.45) is 13.0 Å². The van der Waals surface area contributed by atoms with E-state index in [0.29, 0.717) is 38.5 Å². The Labute approximate surface area is 115 Å². The molecule has 0 bridgehead atoms. The number of hydrogen-bond acceptors (Lipinski definition) is 7. The maximum Gasteiger partial charge on any atom is 0.493 e. The minimum absolute atomic E-state index is 0.102. The molecule has 1 aliphatic heterocycles. The lowest BCUT2D eigenvalue weighted by Gasteiger charge is -2.29. The molecule has 1 saturated heterocycles. The normalized spacial score (nSPS) is 16.2. The number of carbonyl (C=O) groups is 1. The van der Waals surface area contributed by atoms with E-state index in [2.05, 4.69) is 10.1 Å². The molecule has 9 nitrogen and oxygen atoms in total. The second kappa shape index (κ2) is 5.85. The molecule has 1 fully saturated rings. The summed E-state index contributed by atoms with van der Waals surface area (Å²) in [6.45, 7) is 3.38. The smallest absolute Gasteiger partial charge is 0.466 e. The Hall–Kier alpha value is -2.19. The largest absolute Gasteiger partial charge is 0.493 e. The van der Waals surface area contributed by atoms with Crippen LogP contribution in [0.5, 0.6) is 0 Å². The third-order valence-electron chi connectivity index (χ3n) is 3.29. The topological polar surface area (TPSA) is 103 Å². The predicted molar refractivity (Wildman–Crippen MR) is 69.2 cm³/mol. The van der Waals surface area contributed by atoms with Gasteiger partial charge in [-0.3, -0.25) is 4.79 Å². The molecule has 0 radical (unpaired) electrons. The lowest BCUT2D eigenvalue weighted by molar-refractivity contribution is -0.394. The third-order valence-corrected chi connectivity index (χ3v) is 3.29. The molecule has 0 amide bonds. The standard InChI is InChI=1S/C11H17N5O4/c1-3-20-9(17)8-4-6-15(7-5-8)11-12-10(16(18)19)13-14(11)2/h8H,3-7H2,1-2H3. The SMILES string of the molecule is CCOC(=O)C1CCN(c2nc([N+](=O)[O-])nn2C)CC1. The van der Waals surface area contributed by atoms with E-state index in [1.807, 2.05) is 4.90 Å². The van der Waals surface area contributed by atoms with E-state index in [9.17, 15) is 14.9 Å². The zero-order valence-corrected chi connectivity index (χ0v) is 11.5.